The van der Waals surface area contributed by atoms with Gasteiger partial charge in [-0.15, -0.1) is 0 Å². The Balaban J connectivity index is 2.14. The fourth-order valence-electron chi connectivity index (χ4n) is 1.59. The van der Waals surface area contributed by atoms with Crippen molar-refractivity contribution in [1.29, 1.82) is 0 Å². The van der Waals surface area contributed by atoms with Gasteiger partial charge in [-0.3, -0.25) is 4.18 Å². The molecule has 1 aliphatic carbocycles. The van der Waals surface area contributed by atoms with Gasteiger partial charge in [-0.2, -0.15) is 8.42 Å². The van der Waals surface area contributed by atoms with E-state index in [9.17, 15) is 12.8 Å². The van der Waals surface area contributed by atoms with Crippen LogP contribution in [0.25, 0.3) is 0 Å². The molecule has 0 N–H and O–H groups in total. The number of hydrogen-bond donors (Lipinski definition) is 0. The molecule has 3 nitrogen and oxygen atoms in total. The lowest BCUT2D eigenvalue weighted by Crippen LogP contribution is -2.03. The van der Waals surface area contributed by atoms with Crippen LogP contribution in [0.1, 0.15) is 29.9 Å². The van der Waals surface area contributed by atoms with Crippen molar-refractivity contribution in [2.45, 2.75) is 25.4 Å². The number of hydrogen-bond acceptors (Lipinski definition) is 3. The highest BCUT2D eigenvalue weighted by molar-refractivity contribution is 7.85. The summed E-state index contributed by atoms with van der Waals surface area (Å²) in [5.74, 6) is 0.101. The van der Waals surface area contributed by atoms with Gasteiger partial charge in [0.15, 0.2) is 0 Å². The van der Waals surface area contributed by atoms with Gasteiger partial charge in [0.2, 0.25) is 0 Å². The van der Waals surface area contributed by atoms with Gasteiger partial charge in [0.05, 0.1) is 12.9 Å². The molecule has 2 rings (SSSR count). The Kier molecular flexibility index (Phi) is 2.99. The van der Waals surface area contributed by atoms with Gasteiger partial charge >= 0.3 is 0 Å². The highest BCUT2D eigenvalue weighted by Crippen LogP contribution is 2.40. The van der Waals surface area contributed by atoms with Crippen LogP contribution >= 0.6 is 0 Å². The smallest absolute Gasteiger partial charge is 0.264 e. The summed E-state index contributed by atoms with van der Waals surface area (Å²) in [6.45, 7) is -0.101. The van der Waals surface area contributed by atoms with Crippen LogP contribution in [0.5, 0.6) is 0 Å². The Labute approximate surface area is 94.4 Å². The zero-order valence-corrected chi connectivity index (χ0v) is 9.76. The van der Waals surface area contributed by atoms with Crippen molar-refractivity contribution in [3.8, 4) is 0 Å². The van der Waals surface area contributed by atoms with Crippen molar-refractivity contribution in [3.05, 3.63) is 35.1 Å². The highest BCUT2D eigenvalue weighted by Gasteiger charge is 2.24. The minimum Gasteiger partial charge on any atom is -0.265 e. The molecule has 0 atom stereocenters. The molecule has 1 aliphatic rings. The van der Waals surface area contributed by atoms with Crippen molar-refractivity contribution >= 4 is 10.1 Å². The fraction of sp³-hybridized carbons (Fsp3) is 0.455. The van der Waals surface area contributed by atoms with E-state index in [1.807, 2.05) is 6.07 Å². The zero-order chi connectivity index (χ0) is 11.8. The maximum Gasteiger partial charge on any atom is 0.264 e. The standard InChI is InChI=1S/C11H13FO3S/c1-16(13,14)15-7-8-4-10(9-2-3-9)6-11(12)5-8/h4-6,9H,2-3,7H2,1H3. The minimum atomic E-state index is -3.48. The van der Waals surface area contributed by atoms with E-state index >= 15 is 0 Å². The summed E-state index contributed by atoms with van der Waals surface area (Å²) in [5.41, 5.74) is 1.50. The van der Waals surface area contributed by atoms with E-state index in [1.165, 1.54) is 12.1 Å². The van der Waals surface area contributed by atoms with Gasteiger partial charge in [-0.05, 0) is 42.0 Å². The van der Waals surface area contributed by atoms with Gasteiger partial charge in [0.1, 0.15) is 5.82 Å². The van der Waals surface area contributed by atoms with Crippen molar-refractivity contribution in [2.24, 2.45) is 0 Å². The molecule has 0 radical (unpaired) electrons. The SMILES string of the molecule is CS(=O)(=O)OCc1cc(F)cc(C2CC2)c1. The third-order valence-corrected chi connectivity index (χ3v) is 3.01. The first-order chi connectivity index (χ1) is 7.44. The summed E-state index contributed by atoms with van der Waals surface area (Å²) in [6.07, 6.45) is 3.14. The second-order valence-corrected chi connectivity index (χ2v) is 5.78. The molecule has 0 amide bonds. The summed E-state index contributed by atoms with van der Waals surface area (Å²) >= 11 is 0. The lowest BCUT2D eigenvalue weighted by molar-refractivity contribution is 0.311. The lowest BCUT2D eigenvalue weighted by Gasteiger charge is -2.05. The van der Waals surface area contributed by atoms with E-state index < -0.39 is 10.1 Å². The molecule has 0 bridgehead atoms. The largest absolute Gasteiger partial charge is 0.265 e. The predicted molar refractivity (Wildman–Crippen MR) is 58.0 cm³/mol. The molecular formula is C11H13FO3S. The van der Waals surface area contributed by atoms with E-state index in [4.69, 9.17) is 0 Å². The minimum absolute atomic E-state index is 0.101. The lowest BCUT2D eigenvalue weighted by atomic mass is 10.1. The Morgan fingerprint density at radius 3 is 2.62 bits per heavy atom. The summed E-state index contributed by atoms with van der Waals surface area (Å²) in [7, 11) is -3.48. The monoisotopic (exact) mass is 244 g/mol. The number of halogens is 1. The Morgan fingerprint density at radius 2 is 2.06 bits per heavy atom. The first kappa shape index (κ1) is 11.5. The average Bonchev–Trinajstić information content (AvgIpc) is 2.95. The van der Waals surface area contributed by atoms with Crippen molar-refractivity contribution in [2.75, 3.05) is 6.26 Å². The van der Waals surface area contributed by atoms with E-state index in [2.05, 4.69) is 4.18 Å². The van der Waals surface area contributed by atoms with Gasteiger partial charge < -0.3 is 0 Å². The van der Waals surface area contributed by atoms with E-state index in [0.29, 0.717) is 11.5 Å². The Hall–Kier alpha value is -0.940. The maximum atomic E-state index is 13.2. The summed E-state index contributed by atoms with van der Waals surface area (Å²) in [5, 5.41) is 0. The van der Waals surface area contributed by atoms with E-state index in [1.54, 1.807) is 0 Å². The van der Waals surface area contributed by atoms with Crippen molar-refractivity contribution in [1.82, 2.24) is 0 Å². The highest BCUT2D eigenvalue weighted by atomic mass is 32.2. The number of rotatable bonds is 4. The first-order valence-corrected chi connectivity index (χ1v) is 6.89. The van der Waals surface area contributed by atoms with Gasteiger partial charge in [0, 0.05) is 0 Å². The molecule has 0 saturated heterocycles. The van der Waals surface area contributed by atoms with E-state index in [0.717, 1.165) is 24.7 Å². The van der Waals surface area contributed by atoms with Crippen LogP contribution in [0.2, 0.25) is 0 Å². The molecule has 5 heteroatoms. The van der Waals surface area contributed by atoms with Crippen LogP contribution in [0.3, 0.4) is 0 Å². The Morgan fingerprint density at radius 1 is 1.38 bits per heavy atom. The third-order valence-electron chi connectivity index (χ3n) is 2.47. The summed E-state index contributed by atoms with van der Waals surface area (Å²) in [6, 6.07) is 4.62. The Bertz CT molecular complexity index is 492. The van der Waals surface area contributed by atoms with Crippen LogP contribution in [-0.4, -0.2) is 14.7 Å². The fourth-order valence-corrected chi connectivity index (χ4v) is 1.94. The molecule has 1 aromatic rings. The molecule has 0 aromatic heterocycles. The third kappa shape index (κ3) is 3.28. The second kappa shape index (κ2) is 4.14. The number of benzene rings is 1. The van der Waals surface area contributed by atoms with Crippen LogP contribution in [-0.2, 0) is 20.9 Å². The van der Waals surface area contributed by atoms with Crippen molar-refractivity contribution in [3.63, 3.8) is 0 Å². The average molecular weight is 244 g/mol. The molecule has 1 aromatic carbocycles. The quantitative estimate of drug-likeness (QED) is 0.762. The predicted octanol–water partition coefficient (Wildman–Crippen LogP) is 2.18. The van der Waals surface area contributed by atoms with Gasteiger partial charge in [-0.1, -0.05) is 6.07 Å². The van der Waals surface area contributed by atoms with Crippen LogP contribution in [0.15, 0.2) is 18.2 Å². The topological polar surface area (TPSA) is 43.4 Å². The first-order valence-electron chi connectivity index (χ1n) is 5.08. The molecule has 0 unspecified atom stereocenters. The molecule has 1 fully saturated rings. The van der Waals surface area contributed by atoms with Crippen LogP contribution in [0.4, 0.5) is 4.39 Å². The zero-order valence-electron chi connectivity index (χ0n) is 8.94. The van der Waals surface area contributed by atoms with Gasteiger partial charge in [-0.25, -0.2) is 4.39 Å². The molecule has 0 aliphatic heterocycles. The van der Waals surface area contributed by atoms with Gasteiger partial charge in [0.25, 0.3) is 10.1 Å². The second-order valence-electron chi connectivity index (χ2n) is 4.13. The van der Waals surface area contributed by atoms with E-state index in [-0.39, 0.29) is 12.4 Å². The maximum absolute atomic E-state index is 13.2. The molecular weight excluding hydrogens is 231 g/mol. The molecule has 1 saturated carbocycles. The summed E-state index contributed by atoms with van der Waals surface area (Å²) < 4.78 is 39.5. The van der Waals surface area contributed by atoms with Crippen LogP contribution in [0, 0.1) is 5.82 Å². The molecule has 88 valence electrons. The van der Waals surface area contributed by atoms with Crippen LogP contribution < -0.4 is 0 Å². The van der Waals surface area contributed by atoms with Crippen molar-refractivity contribution < 1.29 is 17.0 Å². The molecule has 0 heterocycles. The molecule has 0 spiro atoms. The summed E-state index contributed by atoms with van der Waals surface area (Å²) in [4.78, 5) is 0. The molecule has 16 heavy (non-hydrogen) atoms. The normalized spacial score (nSPS) is 16.4.